The molecule has 7 nitrogen and oxygen atoms in total. The third-order valence-electron chi connectivity index (χ3n) is 3.37. The van der Waals surface area contributed by atoms with Crippen molar-refractivity contribution in [1.82, 2.24) is 9.97 Å². The molecule has 26 heavy (non-hydrogen) atoms. The molecule has 0 bridgehead atoms. The van der Waals surface area contributed by atoms with E-state index in [0.717, 1.165) is 5.69 Å². The first kappa shape index (κ1) is 18.0. The summed E-state index contributed by atoms with van der Waals surface area (Å²) in [5, 5.41) is 8.44. The van der Waals surface area contributed by atoms with E-state index in [2.05, 4.69) is 20.6 Å². The lowest BCUT2D eigenvalue weighted by atomic mass is 10.3. The maximum absolute atomic E-state index is 12.3. The summed E-state index contributed by atoms with van der Waals surface area (Å²) in [5.74, 6) is 0.959. The number of rotatable bonds is 6. The molecule has 9 heteroatoms. The fourth-order valence-electron chi connectivity index (χ4n) is 2.10. The van der Waals surface area contributed by atoms with Crippen LogP contribution in [0.3, 0.4) is 0 Å². The van der Waals surface area contributed by atoms with Crippen LogP contribution in [0.4, 0.5) is 16.5 Å². The molecule has 0 saturated heterocycles. The standard InChI is InChI=1S/C17H15ClN4O3S/c1-24-11-4-5-12(14(7-11)25-2)21-17-22-13(9-26-17)16(23)20-10-3-6-15(18)19-8-10/h3-9H,1-2H3,(H,20,23)(H,21,22). The lowest BCUT2D eigenvalue weighted by Crippen LogP contribution is -2.12. The highest BCUT2D eigenvalue weighted by atomic mass is 35.5. The molecular weight excluding hydrogens is 376 g/mol. The van der Waals surface area contributed by atoms with Crippen LogP contribution in [0, 0.1) is 0 Å². The van der Waals surface area contributed by atoms with Crippen LogP contribution < -0.4 is 20.1 Å². The molecule has 0 radical (unpaired) electrons. The van der Waals surface area contributed by atoms with Gasteiger partial charge in [-0.1, -0.05) is 11.6 Å². The molecule has 0 aliphatic carbocycles. The Morgan fingerprint density at radius 3 is 2.73 bits per heavy atom. The minimum Gasteiger partial charge on any atom is -0.497 e. The average Bonchev–Trinajstić information content (AvgIpc) is 3.12. The van der Waals surface area contributed by atoms with Crippen molar-refractivity contribution >= 4 is 45.4 Å². The number of benzene rings is 1. The van der Waals surface area contributed by atoms with E-state index in [0.29, 0.717) is 33.2 Å². The fraction of sp³-hybridized carbons (Fsp3) is 0.118. The van der Waals surface area contributed by atoms with E-state index in [1.165, 1.54) is 17.5 Å². The Bertz CT molecular complexity index is 915. The molecule has 3 aromatic rings. The van der Waals surface area contributed by atoms with Gasteiger partial charge in [0.15, 0.2) is 5.13 Å². The highest BCUT2D eigenvalue weighted by Gasteiger charge is 2.13. The summed E-state index contributed by atoms with van der Waals surface area (Å²) in [6.07, 6.45) is 1.48. The van der Waals surface area contributed by atoms with Crippen molar-refractivity contribution in [1.29, 1.82) is 0 Å². The highest BCUT2D eigenvalue weighted by molar-refractivity contribution is 7.14. The monoisotopic (exact) mass is 390 g/mol. The molecule has 2 heterocycles. The zero-order chi connectivity index (χ0) is 18.5. The van der Waals surface area contributed by atoms with Gasteiger partial charge in [0.05, 0.1) is 31.8 Å². The predicted molar refractivity (Wildman–Crippen MR) is 102 cm³/mol. The molecule has 0 saturated carbocycles. The summed E-state index contributed by atoms with van der Waals surface area (Å²) in [5.41, 5.74) is 1.55. The number of hydrogen-bond acceptors (Lipinski definition) is 7. The van der Waals surface area contributed by atoms with Crippen LogP contribution >= 0.6 is 22.9 Å². The minimum absolute atomic E-state index is 0.292. The van der Waals surface area contributed by atoms with Gasteiger partial charge in [0.2, 0.25) is 0 Å². The van der Waals surface area contributed by atoms with Crippen molar-refractivity contribution in [2.45, 2.75) is 0 Å². The third-order valence-corrected chi connectivity index (χ3v) is 4.35. The first-order chi connectivity index (χ1) is 12.6. The van der Waals surface area contributed by atoms with Crippen LogP contribution in [-0.4, -0.2) is 30.1 Å². The lowest BCUT2D eigenvalue weighted by molar-refractivity contribution is 0.102. The minimum atomic E-state index is -0.333. The second-order valence-corrected chi connectivity index (χ2v) is 6.30. The van der Waals surface area contributed by atoms with Crippen LogP contribution in [0.5, 0.6) is 11.5 Å². The Hall–Kier alpha value is -2.84. The van der Waals surface area contributed by atoms with E-state index in [9.17, 15) is 4.79 Å². The van der Waals surface area contributed by atoms with Crippen molar-refractivity contribution in [3.63, 3.8) is 0 Å². The van der Waals surface area contributed by atoms with Gasteiger partial charge in [-0.2, -0.15) is 0 Å². The molecule has 1 amide bonds. The van der Waals surface area contributed by atoms with E-state index in [1.54, 1.807) is 43.9 Å². The van der Waals surface area contributed by atoms with E-state index >= 15 is 0 Å². The SMILES string of the molecule is COc1ccc(Nc2nc(C(=O)Nc3ccc(Cl)nc3)cs2)c(OC)c1. The summed E-state index contributed by atoms with van der Waals surface area (Å²) >= 11 is 7.04. The number of aromatic nitrogens is 2. The molecule has 0 atom stereocenters. The van der Waals surface area contributed by atoms with Crippen LogP contribution in [0.15, 0.2) is 41.9 Å². The molecule has 134 valence electrons. The molecule has 2 aromatic heterocycles. The van der Waals surface area contributed by atoms with Crippen molar-refractivity contribution in [3.8, 4) is 11.5 Å². The number of amides is 1. The van der Waals surface area contributed by atoms with Gasteiger partial charge in [-0.15, -0.1) is 11.3 Å². The van der Waals surface area contributed by atoms with Crippen LogP contribution in [0.25, 0.3) is 0 Å². The number of ether oxygens (including phenoxy) is 2. The highest BCUT2D eigenvalue weighted by Crippen LogP contribution is 2.32. The maximum Gasteiger partial charge on any atom is 0.275 e. The molecule has 2 N–H and O–H groups in total. The van der Waals surface area contributed by atoms with Crippen molar-refractivity contribution < 1.29 is 14.3 Å². The van der Waals surface area contributed by atoms with Gasteiger partial charge in [-0.3, -0.25) is 4.79 Å². The average molecular weight is 391 g/mol. The number of halogens is 1. The lowest BCUT2D eigenvalue weighted by Gasteiger charge is -2.10. The summed E-state index contributed by atoms with van der Waals surface area (Å²) in [6.45, 7) is 0. The summed E-state index contributed by atoms with van der Waals surface area (Å²) in [6, 6.07) is 8.65. The second-order valence-electron chi connectivity index (χ2n) is 5.05. The maximum atomic E-state index is 12.3. The van der Waals surface area contributed by atoms with E-state index in [1.807, 2.05) is 6.07 Å². The Morgan fingerprint density at radius 2 is 2.04 bits per heavy atom. The largest absolute Gasteiger partial charge is 0.497 e. The summed E-state index contributed by atoms with van der Waals surface area (Å²) in [4.78, 5) is 20.5. The van der Waals surface area contributed by atoms with E-state index < -0.39 is 0 Å². The molecule has 0 aliphatic heterocycles. The van der Waals surface area contributed by atoms with Crippen LogP contribution in [0.2, 0.25) is 5.15 Å². The van der Waals surface area contributed by atoms with Gasteiger partial charge in [0.25, 0.3) is 5.91 Å². The number of hydrogen-bond donors (Lipinski definition) is 2. The van der Waals surface area contributed by atoms with Gasteiger partial charge in [-0.05, 0) is 24.3 Å². The smallest absolute Gasteiger partial charge is 0.275 e. The number of carbonyl (C=O) groups excluding carboxylic acids is 1. The topological polar surface area (TPSA) is 85.4 Å². The van der Waals surface area contributed by atoms with Gasteiger partial charge in [0, 0.05) is 11.4 Å². The van der Waals surface area contributed by atoms with E-state index in [-0.39, 0.29) is 5.91 Å². The Labute approximate surface area is 159 Å². The number of methoxy groups -OCH3 is 2. The Morgan fingerprint density at radius 1 is 1.19 bits per heavy atom. The molecule has 0 fully saturated rings. The Kier molecular flexibility index (Phi) is 5.55. The number of nitrogens with zero attached hydrogens (tertiary/aromatic N) is 2. The molecule has 0 aliphatic rings. The number of anilines is 3. The normalized spacial score (nSPS) is 10.3. The number of nitrogens with one attached hydrogen (secondary N) is 2. The molecular formula is C17H15ClN4O3S. The zero-order valence-corrected chi connectivity index (χ0v) is 15.5. The molecule has 0 unspecified atom stereocenters. The number of carbonyl (C=O) groups is 1. The third kappa shape index (κ3) is 4.22. The van der Waals surface area contributed by atoms with Gasteiger partial charge in [-0.25, -0.2) is 9.97 Å². The first-order valence-electron chi connectivity index (χ1n) is 7.46. The van der Waals surface area contributed by atoms with Gasteiger partial charge < -0.3 is 20.1 Å². The number of thiazole rings is 1. The van der Waals surface area contributed by atoms with Crippen molar-refractivity contribution in [2.75, 3.05) is 24.9 Å². The predicted octanol–water partition coefficient (Wildman–Crippen LogP) is 4.20. The molecule has 0 spiro atoms. The van der Waals surface area contributed by atoms with E-state index in [4.69, 9.17) is 21.1 Å². The zero-order valence-electron chi connectivity index (χ0n) is 13.9. The van der Waals surface area contributed by atoms with Crippen LogP contribution in [-0.2, 0) is 0 Å². The quantitative estimate of drug-likeness (QED) is 0.613. The van der Waals surface area contributed by atoms with Crippen molar-refractivity contribution in [2.24, 2.45) is 0 Å². The van der Waals surface area contributed by atoms with Gasteiger partial charge >= 0.3 is 0 Å². The summed E-state index contributed by atoms with van der Waals surface area (Å²) in [7, 11) is 3.16. The second kappa shape index (κ2) is 8.03. The van der Waals surface area contributed by atoms with Gasteiger partial charge in [0.1, 0.15) is 22.3 Å². The fourth-order valence-corrected chi connectivity index (χ4v) is 2.91. The van der Waals surface area contributed by atoms with Crippen LogP contribution in [0.1, 0.15) is 10.5 Å². The van der Waals surface area contributed by atoms with Crippen molar-refractivity contribution in [3.05, 3.63) is 52.8 Å². The first-order valence-corrected chi connectivity index (χ1v) is 8.72. The molecule has 1 aromatic carbocycles. The summed E-state index contributed by atoms with van der Waals surface area (Å²) < 4.78 is 10.5. The number of pyridine rings is 1. The Balaban J connectivity index is 1.71. The molecule has 3 rings (SSSR count).